The van der Waals surface area contributed by atoms with Gasteiger partial charge >= 0.3 is 5.97 Å². The minimum atomic E-state index is -1.02. The van der Waals surface area contributed by atoms with Gasteiger partial charge in [0.1, 0.15) is 0 Å². The van der Waals surface area contributed by atoms with Crippen LogP contribution in [-0.4, -0.2) is 40.5 Å². The second kappa shape index (κ2) is 9.37. The van der Waals surface area contributed by atoms with Crippen LogP contribution in [0.3, 0.4) is 0 Å². The predicted molar refractivity (Wildman–Crippen MR) is 72.8 cm³/mol. The van der Waals surface area contributed by atoms with Gasteiger partial charge in [-0.3, -0.25) is 4.79 Å². The monoisotopic (exact) mass is 294 g/mol. The first-order chi connectivity index (χ1) is 8.33. The molecule has 0 spiro atoms. The molecule has 1 atom stereocenters. The van der Waals surface area contributed by atoms with Gasteiger partial charge in [-0.1, -0.05) is 0 Å². The molecule has 110 valence electrons. The number of carboxylic acid groups (broad SMARTS) is 1. The average Bonchev–Trinajstić information content (AvgIpc) is 2.28. The van der Waals surface area contributed by atoms with E-state index in [1.807, 2.05) is 0 Å². The highest BCUT2D eigenvalue weighted by atomic mass is 35.5. The highest BCUT2D eigenvalue weighted by Crippen LogP contribution is 2.00. The Bertz CT molecular complexity index is 457. The third-order valence-corrected chi connectivity index (χ3v) is 2.24. The Balaban J connectivity index is 0. The Kier molecular flexibility index (Phi) is 9.75. The predicted octanol–water partition coefficient (Wildman–Crippen LogP) is -0.134. The van der Waals surface area contributed by atoms with Gasteiger partial charge < -0.3 is 25.3 Å². The Morgan fingerprint density at radius 3 is 2.37 bits per heavy atom. The van der Waals surface area contributed by atoms with Gasteiger partial charge in [0.05, 0.1) is 0 Å². The summed E-state index contributed by atoms with van der Waals surface area (Å²) in [5.74, 6) is -1.22. The molecule has 1 rings (SSSR count). The molecule has 0 aromatic carbocycles. The molecule has 0 aliphatic rings. The number of carbonyl (C=O) groups is 1. The fraction of sp³-hybridized carbons (Fsp3) is 0.455. The van der Waals surface area contributed by atoms with Gasteiger partial charge in [0.15, 0.2) is 11.9 Å². The van der Waals surface area contributed by atoms with Crippen LogP contribution in [0.5, 0.6) is 5.75 Å². The van der Waals surface area contributed by atoms with E-state index in [0.717, 1.165) is 5.69 Å². The zero-order valence-corrected chi connectivity index (χ0v) is 11.8. The van der Waals surface area contributed by atoms with E-state index in [9.17, 15) is 9.59 Å². The van der Waals surface area contributed by atoms with Crippen molar-refractivity contribution in [3.63, 3.8) is 0 Å². The van der Waals surface area contributed by atoms with Crippen LogP contribution >= 0.6 is 12.4 Å². The van der Waals surface area contributed by atoms with Crippen molar-refractivity contribution in [1.29, 1.82) is 0 Å². The molecule has 0 bridgehead atoms. The molecule has 1 aromatic heterocycles. The largest absolute Gasteiger partial charge is 0.503 e. The van der Waals surface area contributed by atoms with Crippen LogP contribution in [0.15, 0.2) is 17.1 Å². The first-order valence-corrected chi connectivity index (χ1v) is 5.15. The van der Waals surface area contributed by atoms with Gasteiger partial charge in [-0.25, -0.2) is 4.79 Å². The van der Waals surface area contributed by atoms with Gasteiger partial charge in [-0.15, -0.1) is 12.4 Å². The lowest BCUT2D eigenvalue weighted by atomic mass is 10.3. The summed E-state index contributed by atoms with van der Waals surface area (Å²) in [6.07, 6.45) is 0.549. The van der Waals surface area contributed by atoms with E-state index in [0.29, 0.717) is 0 Å². The second-order valence-electron chi connectivity index (χ2n) is 3.57. The van der Waals surface area contributed by atoms with Crippen LogP contribution in [0.2, 0.25) is 0 Å². The molecule has 0 saturated heterocycles. The maximum atomic E-state index is 10.7. The van der Waals surface area contributed by atoms with Crippen LogP contribution in [0.25, 0.3) is 0 Å². The average molecular weight is 295 g/mol. The lowest BCUT2D eigenvalue weighted by Crippen LogP contribution is -2.30. The number of pyridine rings is 1. The molecule has 0 aliphatic heterocycles. The van der Waals surface area contributed by atoms with E-state index >= 15 is 0 Å². The van der Waals surface area contributed by atoms with E-state index in [2.05, 4.69) is 4.74 Å². The summed E-state index contributed by atoms with van der Waals surface area (Å²) in [5, 5.41) is 17.1. The van der Waals surface area contributed by atoms with Crippen LogP contribution < -0.4 is 11.2 Å². The van der Waals surface area contributed by atoms with Crippen molar-refractivity contribution in [3.05, 3.63) is 28.2 Å². The number of ether oxygens (including phenoxy) is 1. The number of methoxy groups -OCH3 is 1. The molecule has 19 heavy (non-hydrogen) atoms. The summed E-state index contributed by atoms with van der Waals surface area (Å²) < 4.78 is 6.13. The van der Waals surface area contributed by atoms with Crippen molar-refractivity contribution in [1.82, 2.24) is 4.57 Å². The van der Waals surface area contributed by atoms with E-state index in [4.69, 9.17) is 15.9 Å². The summed E-state index contributed by atoms with van der Waals surface area (Å²) in [4.78, 5) is 20.7. The molecule has 7 nitrogen and oxygen atoms in total. The smallest absolute Gasteiger partial charge is 0.334 e. The Hall–Kier alpha value is -1.57. The van der Waals surface area contributed by atoms with Crippen LogP contribution in [-0.2, 0) is 16.6 Å². The van der Waals surface area contributed by atoms with Gasteiger partial charge in [-0.2, -0.15) is 0 Å². The van der Waals surface area contributed by atoms with Crippen molar-refractivity contribution in [2.45, 2.75) is 13.0 Å². The number of halogens is 1. The Labute approximate surface area is 117 Å². The molecule has 1 heterocycles. The van der Waals surface area contributed by atoms with Crippen molar-refractivity contribution in [2.75, 3.05) is 13.7 Å². The van der Waals surface area contributed by atoms with Crippen molar-refractivity contribution in [2.24, 2.45) is 12.8 Å². The topological polar surface area (TPSA) is 115 Å². The van der Waals surface area contributed by atoms with Crippen molar-refractivity contribution in [3.8, 4) is 5.75 Å². The second-order valence-corrected chi connectivity index (χ2v) is 3.57. The SMILES string of the molecule is COC(CN)C(=O)O.Cc1cc(=O)c(O)cn1C.Cl. The van der Waals surface area contributed by atoms with Crippen molar-refractivity contribution >= 4 is 18.4 Å². The number of rotatable bonds is 3. The van der Waals surface area contributed by atoms with E-state index in [1.165, 1.54) is 19.4 Å². The third-order valence-electron chi connectivity index (χ3n) is 2.24. The zero-order chi connectivity index (χ0) is 14.3. The number of aryl methyl sites for hydroxylation is 2. The summed E-state index contributed by atoms with van der Waals surface area (Å²) in [6, 6.07) is 1.40. The third kappa shape index (κ3) is 6.80. The molecule has 0 amide bonds. The molecule has 4 N–H and O–H groups in total. The van der Waals surface area contributed by atoms with E-state index < -0.39 is 12.1 Å². The highest BCUT2D eigenvalue weighted by Gasteiger charge is 2.12. The lowest BCUT2D eigenvalue weighted by Gasteiger charge is -2.04. The number of aromatic nitrogens is 1. The van der Waals surface area contributed by atoms with E-state index in [1.54, 1.807) is 18.5 Å². The standard InChI is InChI=1S/C7H9NO2.C4H9NO3.ClH/c1-5-3-6(9)7(10)4-8(5)2;1-8-3(2-5)4(6)7;/h3-4,10H,1-2H3;3H,2,5H2,1H3,(H,6,7);1H. The Morgan fingerprint density at radius 2 is 2.11 bits per heavy atom. The highest BCUT2D eigenvalue weighted by molar-refractivity contribution is 5.85. The maximum Gasteiger partial charge on any atom is 0.334 e. The normalized spacial score (nSPS) is 10.7. The number of nitrogens with two attached hydrogens (primary N) is 1. The number of carboxylic acids is 1. The number of hydrogen-bond acceptors (Lipinski definition) is 5. The number of aliphatic carboxylic acids is 1. The van der Waals surface area contributed by atoms with Crippen LogP contribution in [0, 0.1) is 6.92 Å². The van der Waals surface area contributed by atoms with Crippen LogP contribution in [0.1, 0.15) is 5.69 Å². The maximum absolute atomic E-state index is 10.7. The molecule has 8 heteroatoms. The lowest BCUT2D eigenvalue weighted by molar-refractivity contribution is -0.147. The summed E-state index contributed by atoms with van der Waals surface area (Å²) >= 11 is 0. The van der Waals surface area contributed by atoms with Crippen molar-refractivity contribution < 1.29 is 19.7 Å². The first-order valence-electron chi connectivity index (χ1n) is 5.15. The summed E-state index contributed by atoms with van der Waals surface area (Å²) in [5.41, 5.74) is 5.49. The van der Waals surface area contributed by atoms with E-state index in [-0.39, 0.29) is 30.1 Å². The quantitative estimate of drug-likeness (QED) is 0.715. The first kappa shape index (κ1) is 19.8. The van der Waals surface area contributed by atoms with Gasteiger partial charge in [0.25, 0.3) is 0 Å². The van der Waals surface area contributed by atoms with Gasteiger partial charge in [-0.05, 0) is 6.92 Å². The zero-order valence-electron chi connectivity index (χ0n) is 11.0. The summed E-state index contributed by atoms with van der Waals surface area (Å²) in [7, 11) is 3.08. The fourth-order valence-electron chi connectivity index (χ4n) is 1.01. The minimum Gasteiger partial charge on any atom is -0.503 e. The fourth-order valence-corrected chi connectivity index (χ4v) is 1.01. The minimum absolute atomic E-state index is 0. The molecular weight excluding hydrogens is 276 g/mol. The van der Waals surface area contributed by atoms with Crippen LogP contribution in [0.4, 0.5) is 0 Å². The summed E-state index contributed by atoms with van der Waals surface area (Å²) in [6.45, 7) is 1.83. The van der Waals surface area contributed by atoms with Gasteiger partial charge in [0, 0.05) is 38.7 Å². The number of hydrogen-bond donors (Lipinski definition) is 3. The molecule has 1 unspecified atom stereocenters. The molecule has 0 radical (unpaired) electrons. The van der Waals surface area contributed by atoms with Gasteiger partial charge in [0.2, 0.25) is 5.43 Å². The molecular formula is C11H19ClN2O5. The molecule has 0 fully saturated rings. The molecule has 1 aromatic rings. The molecule has 0 aliphatic carbocycles. The number of nitrogens with zero attached hydrogens (tertiary/aromatic N) is 1. The molecule has 0 saturated carbocycles. The number of aromatic hydroxyl groups is 1. The Morgan fingerprint density at radius 1 is 1.58 bits per heavy atom.